The zero-order chi connectivity index (χ0) is 18.9. The van der Waals surface area contributed by atoms with Crippen molar-refractivity contribution in [3.63, 3.8) is 0 Å². The number of nitrogens with two attached hydrogens (primary N) is 1. The topological polar surface area (TPSA) is 56.0 Å². The molecule has 0 saturated heterocycles. The maximum Gasteiger partial charge on any atom is 0.433 e. The third-order valence-electron chi connectivity index (χ3n) is 4.70. The Bertz CT molecular complexity index is 798. The van der Waals surface area contributed by atoms with E-state index in [1.807, 2.05) is 0 Å². The van der Waals surface area contributed by atoms with Crippen LogP contribution in [0.1, 0.15) is 52.4 Å². The third-order valence-corrected chi connectivity index (χ3v) is 4.70. The highest BCUT2D eigenvalue weighted by molar-refractivity contribution is 5.94. The van der Waals surface area contributed by atoms with Crippen LogP contribution in [0.25, 0.3) is 0 Å². The van der Waals surface area contributed by atoms with E-state index in [-0.39, 0.29) is 23.5 Å². The van der Waals surface area contributed by atoms with Crippen LogP contribution in [0.5, 0.6) is 0 Å². The van der Waals surface area contributed by atoms with Gasteiger partial charge in [0.15, 0.2) is 0 Å². The molecule has 1 unspecified atom stereocenters. The zero-order valence-corrected chi connectivity index (χ0v) is 13.9. The minimum absolute atomic E-state index is 0.102. The van der Waals surface area contributed by atoms with E-state index in [0.717, 1.165) is 18.9 Å². The molecular formula is C19H18F4N2O. The molecule has 1 saturated carbocycles. The lowest BCUT2D eigenvalue weighted by molar-refractivity contribution is -0.141. The van der Waals surface area contributed by atoms with Crippen LogP contribution in [-0.2, 0) is 12.6 Å². The smallest absolute Gasteiger partial charge is 0.366 e. The van der Waals surface area contributed by atoms with Gasteiger partial charge in [0, 0.05) is 17.3 Å². The fraction of sp³-hybridized carbons (Fsp3) is 0.368. The van der Waals surface area contributed by atoms with Crippen LogP contribution < -0.4 is 5.73 Å². The van der Waals surface area contributed by atoms with Gasteiger partial charge in [-0.2, -0.15) is 13.2 Å². The highest BCUT2D eigenvalue weighted by Crippen LogP contribution is 2.40. The number of benzene rings is 1. The van der Waals surface area contributed by atoms with E-state index in [0.29, 0.717) is 17.9 Å². The maximum absolute atomic E-state index is 14.3. The number of aromatic nitrogens is 1. The van der Waals surface area contributed by atoms with E-state index in [2.05, 4.69) is 4.98 Å². The van der Waals surface area contributed by atoms with Crippen LogP contribution >= 0.6 is 0 Å². The molecular weight excluding hydrogens is 348 g/mol. The van der Waals surface area contributed by atoms with Crippen LogP contribution in [-0.4, -0.2) is 10.9 Å². The normalized spacial score (nSPS) is 15.7. The van der Waals surface area contributed by atoms with E-state index in [1.54, 1.807) is 0 Å². The highest BCUT2D eigenvalue weighted by atomic mass is 19.4. The summed E-state index contributed by atoms with van der Waals surface area (Å²) in [6.07, 6.45) is -0.320. The lowest BCUT2D eigenvalue weighted by atomic mass is 9.86. The van der Waals surface area contributed by atoms with Crippen molar-refractivity contribution in [1.82, 2.24) is 4.98 Å². The molecule has 2 N–H and O–H groups in total. The molecule has 1 amide bonds. The number of hydrogen-bond donors (Lipinski definition) is 1. The standard InChI is InChI=1S/C19H18F4N2O/c20-16-3-1-2-14(18(24)26)15(16)9-13(8-11-4-5-11)12-6-7-17(25-10-12)19(21,22)23/h1-3,6-7,10-11,13H,4-5,8-9H2,(H2,24,26). The van der Waals surface area contributed by atoms with Gasteiger partial charge in [-0.25, -0.2) is 4.39 Å². The number of rotatable bonds is 6. The number of hydrogen-bond acceptors (Lipinski definition) is 2. The Morgan fingerprint density at radius 2 is 1.96 bits per heavy atom. The maximum atomic E-state index is 14.3. The summed E-state index contributed by atoms with van der Waals surface area (Å²) in [6, 6.07) is 6.44. The Labute approximate surface area is 148 Å². The molecule has 7 heteroatoms. The first-order chi connectivity index (χ1) is 12.3. The van der Waals surface area contributed by atoms with Crippen molar-refractivity contribution in [1.29, 1.82) is 0 Å². The molecule has 1 atom stereocenters. The number of halogens is 4. The first-order valence-electron chi connectivity index (χ1n) is 8.36. The number of nitrogens with zero attached hydrogens (tertiary/aromatic N) is 1. The van der Waals surface area contributed by atoms with Crippen molar-refractivity contribution < 1.29 is 22.4 Å². The van der Waals surface area contributed by atoms with E-state index in [9.17, 15) is 22.4 Å². The first kappa shape index (κ1) is 18.4. The van der Waals surface area contributed by atoms with Gasteiger partial charge < -0.3 is 5.73 Å². The number of pyridine rings is 1. The van der Waals surface area contributed by atoms with Gasteiger partial charge in [0.05, 0.1) is 0 Å². The first-order valence-corrected chi connectivity index (χ1v) is 8.36. The number of carbonyl (C=O) groups excluding carboxylic acids is 1. The molecule has 0 spiro atoms. The SMILES string of the molecule is NC(=O)c1cccc(F)c1CC(CC1CC1)c1ccc(C(F)(F)F)nc1. The van der Waals surface area contributed by atoms with Crippen molar-refractivity contribution in [3.05, 3.63) is 64.7 Å². The Morgan fingerprint density at radius 3 is 2.50 bits per heavy atom. The van der Waals surface area contributed by atoms with Crippen molar-refractivity contribution >= 4 is 5.91 Å². The molecule has 2 aromatic rings. The number of primary amides is 1. The second kappa shape index (κ2) is 7.05. The molecule has 0 bridgehead atoms. The number of alkyl halides is 3. The summed E-state index contributed by atoms with van der Waals surface area (Å²) >= 11 is 0. The molecule has 1 aromatic heterocycles. The Morgan fingerprint density at radius 1 is 1.23 bits per heavy atom. The Kier molecular flexibility index (Phi) is 4.98. The van der Waals surface area contributed by atoms with Crippen molar-refractivity contribution in [2.24, 2.45) is 11.7 Å². The predicted octanol–water partition coefficient (Wildman–Crippen LogP) is 4.46. The summed E-state index contributed by atoms with van der Waals surface area (Å²) in [5.41, 5.74) is 5.28. The van der Waals surface area contributed by atoms with E-state index in [4.69, 9.17) is 5.73 Å². The summed E-state index contributed by atoms with van der Waals surface area (Å²) in [6.45, 7) is 0. The van der Waals surface area contributed by atoms with Crippen molar-refractivity contribution in [2.45, 2.75) is 37.8 Å². The van der Waals surface area contributed by atoms with E-state index in [1.165, 1.54) is 30.5 Å². The minimum Gasteiger partial charge on any atom is -0.366 e. The molecule has 1 aromatic carbocycles. The molecule has 1 fully saturated rings. The van der Waals surface area contributed by atoms with Crippen LogP contribution in [0.3, 0.4) is 0 Å². The Hall–Kier alpha value is -2.44. The second-order valence-electron chi connectivity index (χ2n) is 6.68. The van der Waals surface area contributed by atoms with E-state index < -0.39 is 23.6 Å². The fourth-order valence-electron chi connectivity index (χ4n) is 3.15. The summed E-state index contributed by atoms with van der Waals surface area (Å²) < 4.78 is 52.4. The van der Waals surface area contributed by atoms with Crippen molar-refractivity contribution in [3.8, 4) is 0 Å². The number of carbonyl (C=O) groups is 1. The van der Waals surface area contributed by atoms with Gasteiger partial charge in [-0.3, -0.25) is 9.78 Å². The number of amides is 1. The molecule has 3 rings (SSSR count). The van der Waals surface area contributed by atoms with Gasteiger partial charge in [0.1, 0.15) is 11.5 Å². The van der Waals surface area contributed by atoms with Crippen LogP contribution in [0, 0.1) is 11.7 Å². The highest BCUT2D eigenvalue weighted by Gasteiger charge is 2.33. The average Bonchev–Trinajstić information content (AvgIpc) is 3.39. The van der Waals surface area contributed by atoms with Gasteiger partial charge in [-0.05, 0) is 48.4 Å². The molecule has 1 heterocycles. The predicted molar refractivity (Wildman–Crippen MR) is 87.9 cm³/mol. The summed E-state index contributed by atoms with van der Waals surface area (Å²) in [5.74, 6) is -1.03. The molecule has 138 valence electrons. The minimum atomic E-state index is -4.50. The molecule has 0 radical (unpaired) electrons. The molecule has 1 aliphatic carbocycles. The average molecular weight is 366 g/mol. The van der Waals surface area contributed by atoms with Crippen LogP contribution in [0.2, 0.25) is 0 Å². The quantitative estimate of drug-likeness (QED) is 0.767. The van der Waals surface area contributed by atoms with Gasteiger partial charge >= 0.3 is 6.18 Å². The molecule has 26 heavy (non-hydrogen) atoms. The van der Waals surface area contributed by atoms with Crippen molar-refractivity contribution in [2.75, 3.05) is 0 Å². The van der Waals surface area contributed by atoms with Gasteiger partial charge in [0.2, 0.25) is 5.91 Å². The van der Waals surface area contributed by atoms with E-state index >= 15 is 0 Å². The second-order valence-corrected chi connectivity index (χ2v) is 6.68. The third kappa shape index (κ3) is 4.20. The summed E-state index contributed by atoms with van der Waals surface area (Å²) in [5, 5.41) is 0. The monoisotopic (exact) mass is 366 g/mol. The zero-order valence-electron chi connectivity index (χ0n) is 13.9. The fourth-order valence-corrected chi connectivity index (χ4v) is 3.15. The largest absolute Gasteiger partial charge is 0.433 e. The Balaban J connectivity index is 1.91. The summed E-state index contributed by atoms with van der Waals surface area (Å²) in [7, 11) is 0. The van der Waals surface area contributed by atoms with Gasteiger partial charge in [-0.15, -0.1) is 0 Å². The van der Waals surface area contributed by atoms with Crippen LogP contribution in [0.15, 0.2) is 36.5 Å². The molecule has 1 aliphatic rings. The molecule has 3 nitrogen and oxygen atoms in total. The lowest BCUT2D eigenvalue weighted by Crippen LogP contribution is -2.17. The lowest BCUT2D eigenvalue weighted by Gasteiger charge is -2.19. The van der Waals surface area contributed by atoms with Gasteiger partial charge in [0.25, 0.3) is 0 Å². The molecule has 0 aliphatic heterocycles. The van der Waals surface area contributed by atoms with Gasteiger partial charge in [-0.1, -0.05) is 25.0 Å². The summed E-state index contributed by atoms with van der Waals surface area (Å²) in [4.78, 5) is 15.1. The van der Waals surface area contributed by atoms with Crippen LogP contribution in [0.4, 0.5) is 17.6 Å².